The Balaban J connectivity index is 1.34. The fraction of sp³-hybridized carbons (Fsp3) is 0.160. The molecule has 5 nitrogen and oxygen atoms in total. The quantitative estimate of drug-likeness (QED) is 0.441. The lowest BCUT2D eigenvalue weighted by Crippen LogP contribution is -2.13. The Morgan fingerprint density at radius 2 is 1.57 bits per heavy atom. The molecule has 0 saturated heterocycles. The van der Waals surface area contributed by atoms with Gasteiger partial charge in [-0.2, -0.15) is 5.10 Å². The van der Waals surface area contributed by atoms with Gasteiger partial charge in [0.15, 0.2) is 11.5 Å². The van der Waals surface area contributed by atoms with E-state index in [0.29, 0.717) is 6.61 Å². The van der Waals surface area contributed by atoms with Crippen LogP contribution < -0.4 is 14.8 Å². The van der Waals surface area contributed by atoms with Crippen LogP contribution in [0.5, 0.6) is 11.5 Å². The molecule has 152 valence electrons. The Bertz CT molecular complexity index is 1050. The van der Waals surface area contributed by atoms with E-state index in [-0.39, 0.29) is 0 Å². The predicted octanol–water partition coefficient (Wildman–Crippen LogP) is 4.75. The van der Waals surface area contributed by atoms with Crippen LogP contribution in [-0.2, 0) is 19.7 Å². The van der Waals surface area contributed by atoms with Crippen molar-refractivity contribution in [3.05, 3.63) is 108 Å². The molecule has 0 aliphatic heterocycles. The van der Waals surface area contributed by atoms with Crippen LogP contribution in [0.4, 0.5) is 0 Å². The molecule has 30 heavy (non-hydrogen) atoms. The van der Waals surface area contributed by atoms with Crippen molar-refractivity contribution in [2.24, 2.45) is 0 Å². The second-order valence-corrected chi connectivity index (χ2v) is 6.98. The maximum Gasteiger partial charge on any atom is 0.161 e. The van der Waals surface area contributed by atoms with Gasteiger partial charge >= 0.3 is 0 Å². The van der Waals surface area contributed by atoms with Gasteiger partial charge in [0.25, 0.3) is 0 Å². The second kappa shape index (κ2) is 9.76. The van der Waals surface area contributed by atoms with Crippen LogP contribution in [0.2, 0.25) is 0 Å². The summed E-state index contributed by atoms with van der Waals surface area (Å²) in [6.07, 6.45) is 3.72. The Labute approximate surface area is 176 Å². The van der Waals surface area contributed by atoms with E-state index in [1.165, 1.54) is 5.56 Å². The molecule has 0 fully saturated rings. The largest absolute Gasteiger partial charge is 0.493 e. The van der Waals surface area contributed by atoms with Gasteiger partial charge in [0.1, 0.15) is 6.61 Å². The highest BCUT2D eigenvalue weighted by molar-refractivity contribution is 5.43. The van der Waals surface area contributed by atoms with Crippen LogP contribution in [0.1, 0.15) is 16.7 Å². The Morgan fingerprint density at radius 3 is 2.30 bits per heavy atom. The fourth-order valence-electron chi connectivity index (χ4n) is 3.22. The van der Waals surface area contributed by atoms with Gasteiger partial charge in [-0.05, 0) is 47.0 Å². The molecule has 0 amide bonds. The minimum atomic E-state index is 0.511. The number of nitrogens with zero attached hydrogens (tertiary/aromatic N) is 2. The van der Waals surface area contributed by atoms with E-state index in [1.54, 1.807) is 13.3 Å². The summed E-state index contributed by atoms with van der Waals surface area (Å²) >= 11 is 0. The molecule has 3 aromatic carbocycles. The predicted molar refractivity (Wildman–Crippen MR) is 118 cm³/mol. The third kappa shape index (κ3) is 5.07. The minimum Gasteiger partial charge on any atom is -0.493 e. The number of aromatic nitrogens is 2. The second-order valence-electron chi connectivity index (χ2n) is 6.98. The molecular weight excluding hydrogens is 374 g/mol. The molecule has 0 saturated carbocycles. The first-order valence-electron chi connectivity index (χ1n) is 9.95. The molecular formula is C25H25N3O2. The monoisotopic (exact) mass is 399 g/mol. The third-order valence-corrected chi connectivity index (χ3v) is 4.83. The molecule has 1 heterocycles. The highest BCUT2D eigenvalue weighted by Gasteiger charge is 2.07. The number of hydrogen-bond donors (Lipinski definition) is 1. The van der Waals surface area contributed by atoms with Crippen LogP contribution >= 0.6 is 0 Å². The van der Waals surface area contributed by atoms with Crippen molar-refractivity contribution in [3.8, 4) is 17.2 Å². The van der Waals surface area contributed by atoms with Gasteiger partial charge in [0, 0.05) is 25.5 Å². The van der Waals surface area contributed by atoms with Crippen LogP contribution in [-0.4, -0.2) is 16.9 Å². The van der Waals surface area contributed by atoms with E-state index in [1.807, 2.05) is 47.3 Å². The number of benzene rings is 3. The topological polar surface area (TPSA) is 48.3 Å². The molecule has 5 heteroatoms. The van der Waals surface area contributed by atoms with Crippen molar-refractivity contribution >= 4 is 0 Å². The number of hydrogen-bond acceptors (Lipinski definition) is 4. The van der Waals surface area contributed by atoms with Crippen molar-refractivity contribution in [1.82, 2.24) is 15.1 Å². The van der Waals surface area contributed by atoms with Crippen molar-refractivity contribution < 1.29 is 9.47 Å². The number of ether oxygens (including phenoxy) is 2. The van der Waals surface area contributed by atoms with E-state index in [0.717, 1.165) is 41.4 Å². The van der Waals surface area contributed by atoms with E-state index >= 15 is 0 Å². The van der Waals surface area contributed by atoms with Crippen molar-refractivity contribution in [2.45, 2.75) is 19.7 Å². The highest BCUT2D eigenvalue weighted by atomic mass is 16.5. The number of methoxy groups -OCH3 is 1. The molecule has 0 aliphatic carbocycles. The summed E-state index contributed by atoms with van der Waals surface area (Å²) in [6, 6.07) is 26.5. The third-order valence-electron chi connectivity index (χ3n) is 4.83. The number of rotatable bonds is 9. The van der Waals surface area contributed by atoms with Gasteiger partial charge < -0.3 is 14.8 Å². The van der Waals surface area contributed by atoms with Crippen LogP contribution in [0.25, 0.3) is 5.69 Å². The summed E-state index contributed by atoms with van der Waals surface area (Å²) in [5.41, 5.74) is 4.55. The molecule has 0 atom stereocenters. The zero-order valence-corrected chi connectivity index (χ0v) is 17.0. The van der Waals surface area contributed by atoms with E-state index in [9.17, 15) is 0 Å². The zero-order valence-electron chi connectivity index (χ0n) is 17.0. The van der Waals surface area contributed by atoms with E-state index in [4.69, 9.17) is 9.47 Å². The molecule has 4 rings (SSSR count). The Morgan fingerprint density at radius 1 is 0.800 bits per heavy atom. The van der Waals surface area contributed by atoms with Gasteiger partial charge in [-0.15, -0.1) is 0 Å². The van der Waals surface area contributed by atoms with Crippen molar-refractivity contribution in [3.63, 3.8) is 0 Å². The first-order chi connectivity index (χ1) is 14.8. The van der Waals surface area contributed by atoms with Gasteiger partial charge in [0.2, 0.25) is 0 Å². The van der Waals surface area contributed by atoms with Gasteiger partial charge in [-0.1, -0.05) is 48.5 Å². The lowest BCUT2D eigenvalue weighted by Gasteiger charge is -2.13. The standard InChI is InChI=1S/C25H25N3O2/c1-29-24-13-10-22(16-25(24)30-19-21-6-3-2-4-7-21)18-26-17-20-8-11-23(12-9-20)28-15-5-14-27-28/h2-16,26H,17-19H2,1H3. The normalized spacial score (nSPS) is 10.7. The lowest BCUT2D eigenvalue weighted by atomic mass is 10.1. The van der Waals surface area contributed by atoms with Crippen LogP contribution in [0.15, 0.2) is 91.3 Å². The summed E-state index contributed by atoms with van der Waals surface area (Å²) in [6.45, 7) is 2.04. The summed E-state index contributed by atoms with van der Waals surface area (Å²) < 4.78 is 13.3. The molecule has 4 aromatic rings. The maximum atomic E-state index is 6.01. The molecule has 0 aliphatic rings. The summed E-state index contributed by atoms with van der Waals surface area (Å²) in [4.78, 5) is 0. The number of nitrogens with one attached hydrogen (secondary N) is 1. The first-order valence-corrected chi connectivity index (χ1v) is 9.95. The van der Waals surface area contributed by atoms with Gasteiger partial charge in [0.05, 0.1) is 12.8 Å². The average Bonchev–Trinajstić information content (AvgIpc) is 3.34. The fourth-order valence-corrected chi connectivity index (χ4v) is 3.22. The van der Waals surface area contributed by atoms with Crippen LogP contribution in [0, 0.1) is 0 Å². The summed E-state index contributed by atoms with van der Waals surface area (Å²) in [7, 11) is 1.66. The highest BCUT2D eigenvalue weighted by Crippen LogP contribution is 2.29. The maximum absolute atomic E-state index is 6.01. The van der Waals surface area contributed by atoms with Crippen LogP contribution in [0.3, 0.4) is 0 Å². The molecule has 0 bridgehead atoms. The first kappa shape index (κ1) is 19.7. The van der Waals surface area contributed by atoms with Crippen molar-refractivity contribution in [1.29, 1.82) is 0 Å². The Kier molecular flexibility index (Phi) is 6.42. The molecule has 1 N–H and O–H groups in total. The van der Waals surface area contributed by atoms with Gasteiger partial charge in [-0.25, -0.2) is 4.68 Å². The Hall–Kier alpha value is -3.57. The molecule has 0 radical (unpaired) electrons. The molecule has 0 unspecified atom stereocenters. The lowest BCUT2D eigenvalue weighted by molar-refractivity contribution is 0.284. The van der Waals surface area contributed by atoms with Gasteiger partial charge in [-0.3, -0.25) is 0 Å². The zero-order chi connectivity index (χ0) is 20.6. The SMILES string of the molecule is COc1ccc(CNCc2ccc(-n3cccn3)cc2)cc1OCc1ccccc1. The minimum absolute atomic E-state index is 0.511. The molecule has 1 aromatic heterocycles. The molecule has 0 spiro atoms. The van der Waals surface area contributed by atoms with Crippen molar-refractivity contribution in [2.75, 3.05) is 7.11 Å². The average molecular weight is 399 g/mol. The summed E-state index contributed by atoms with van der Waals surface area (Å²) in [5.74, 6) is 1.49. The smallest absolute Gasteiger partial charge is 0.161 e. The summed E-state index contributed by atoms with van der Waals surface area (Å²) in [5, 5.41) is 7.75. The van der Waals surface area contributed by atoms with E-state index in [2.05, 4.69) is 52.9 Å². The van der Waals surface area contributed by atoms with E-state index < -0.39 is 0 Å².